The highest BCUT2D eigenvalue weighted by molar-refractivity contribution is 5.26. The van der Waals surface area contributed by atoms with E-state index in [1.165, 1.54) is 0 Å². The van der Waals surface area contributed by atoms with E-state index in [-0.39, 0.29) is 35.7 Å². The van der Waals surface area contributed by atoms with Crippen LogP contribution in [0.3, 0.4) is 0 Å². The van der Waals surface area contributed by atoms with Crippen LogP contribution in [0.5, 0.6) is 0 Å². The largest absolute Gasteiger partial charge is 0.387 e. The number of rotatable bonds is 0. The van der Waals surface area contributed by atoms with Crippen LogP contribution in [0.4, 0.5) is 0 Å². The first-order valence-corrected chi connectivity index (χ1v) is 7.02. The van der Waals surface area contributed by atoms with Gasteiger partial charge in [-0.15, -0.1) is 0 Å². The van der Waals surface area contributed by atoms with Crippen LogP contribution in [0, 0.1) is 23.2 Å². The number of fused-ring (bicyclic) bond motifs is 9. The van der Waals surface area contributed by atoms with Crippen molar-refractivity contribution in [3.8, 4) is 0 Å². The van der Waals surface area contributed by atoms with Crippen LogP contribution in [0.1, 0.15) is 27.7 Å². The topological polar surface area (TPSA) is 58.9 Å². The number of hydrogen-bond donors (Lipinski definition) is 2. The fraction of sp³-hybridized carbons (Fsp3) is 1.00. The smallest absolute Gasteiger partial charge is 0.117 e. The Hall–Kier alpha value is -0.160. The standard InChI is InChI=1S/C14H22O4/c1-5-6(2)11-13(3)7(8(5)17-11)9-10(15)14(4,16)12(13)18-9/h5-12,15-16H,1-4H3. The van der Waals surface area contributed by atoms with Gasteiger partial charge in [-0.1, -0.05) is 20.8 Å². The molecule has 0 aliphatic carbocycles. The minimum atomic E-state index is -1.15. The third-order valence-corrected chi connectivity index (χ3v) is 6.47. The van der Waals surface area contributed by atoms with Gasteiger partial charge in [-0.25, -0.2) is 0 Å². The second-order valence-electron chi connectivity index (χ2n) is 7.28. The van der Waals surface area contributed by atoms with Crippen molar-refractivity contribution in [2.24, 2.45) is 23.2 Å². The molecule has 2 N–H and O–H groups in total. The molecule has 18 heavy (non-hydrogen) atoms. The zero-order valence-electron chi connectivity index (χ0n) is 11.3. The SMILES string of the molecule is CC1C(C)C2OC1C1C3OC(C(C)(O)C3O)C21C. The van der Waals surface area contributed by atoms with Gasteiger partial charge < -0.3 is 19.7 Å². The van der Waals surface area contributed by atoms with Crippen LogP contribution in [-0.4, -0.2) is 46.3 Å². The fourth-order valence-corrected chi connectivity index (χ4v) is 5.44. The first kappa shape index (κ1) is 11.6. The summed E-state index contributed by atoms with van der Waals surface area (Å²) in [6, 6.07) is 0. The minimum absolute atomic E-state index is 0.149. The van der Waals surface area contributed by atoms with Crippen molar-refractivity contribution >= 4 is 0 Å². The molecule has 0 radical (unpaired) electrons. The molecular formula is C14H22O4. The monoisotopic (exact) mass is 254 g/mol. The molecule has 0 spiro atoms. The summed E-state index contributed by atoms with van der Waals surface area (Å²) in [7, 11) is 0. The summed E-state index contributed by atoms with van der Waals surface area (Å²) in [5.41, 5.74) is -1.29. The molecule has 4 rings (SSSR count). The first-order chi connectivity index (χ1) is 8.31. The number of hydrogen-bond acceptors (Lipinski definition) is 4. The van der Waals surface area contributed by atoms with Crippen LogP contribution >= 0.6 is 0 Å². The summed E-state index contributed by atoms with van der Waals surface area (Å²) < 4.78 is 12.2. The Kier molecular flexibility index (Phi) is 1.91. The van der Waals surface area contributed by atoms with Gasteiger partial charge in [0.15, 0.2) is 0 Å². The Morgan fingerprint density at radius 1 is 1.00 bits per heavy atom. The molecule has 4 saturated heterocycles. The summed E-state index contributed by atoms with van der Waals surface area (Å²) in [4.78, 5) is 0. The van der Waals surface area contributed by atoms with Crippen molar-refractivity contribution in [2.75, 3.05) is 0 Å². The van der Waals surface area contributed by atoms with Gasteiger partial charge >= 0.3 is 0 Å². The number of ether oxygens (including phenoxy) is 2. The van der Waals surface area contributed by atoms with Crippen LogP contribution in [-0.2, 0) is 9.47 Å². The van der Waals surface area contributed by atoms with Crippen molar-refractivity contribution < 1.29 is 19.7 Å². The maximum atomic E-state index is 10.5. The second kappa shape index (κ2) is 2.95. The molecule has 0 aromatic carbocycles. The van der Waals surface area contributed by atoms with E-state index in [0.717, 1.165) is 0 Å². The molecule has 4 bridgehead atoms. The van der Waals surface area contributed by atoms with E-state index < -0.39 is 11.7 Å². The van der Waals surface area contributed by atoms with Crippen molar-refractivity contribution in [1.82, 2.24) is 0 Å². The zero-order valence-corrected chi connectivity index (χ0v) is 11.3. The lowest BCUT2D eigenvalue weighted by molar-refractivity contribution is -0.135. The third-order valence-electron chi connectivity index (χ3n) is 6.47. The lowest BCUT2D eigenvalue weighted by Gasteiger charge is -2.49. The number of aliphatic hydroxyl groups excluding tert-OH is 1. The highest BCUT2D eigenvalue weighted by atomic mass is 16.6. The molecular weight excluding hydrogens is 232 g/mol. The lowest BCUT2D eigenvalue weighted by atomic mass is 9.52. The van der Waals surface area contributed by atoms with E-state index in [1.54, 1.807) is 6.92 Å². The van der Waals surface area contributed by atoms with Crippen LogP contribution in [0.2, 0.25) is 0 Å². The quantitative estimate of drug-likeness (QED) is 0.663. The van der Waals surface area contributed by atoms with Crippen LogP contribution < -0.4 is 0 Å². The Morgan fingerprint density at radius 2 is 1.67 bits per heavy atom. The second-order valence-corrected chi connectivity index (χ2v) is 7.28. The van der Waals surface area contributed by atoms with E-state index in [4.69, 9.17) is 9.47 Å². The molecule has 4 heterocycles. The van der Waals surface area contributed by atoms with Crippen LogP contribution in [0.25, 0.3) is 0 Å². The van der Waals surface area contributed by atoms with Crippen molar-refractivity contribution in [2.45, 2.75) is 63.8 Å². The molecule has 102 valence electrons. The van der Waals surface area contributed by atoms with Gasteiger partial charge in [0.1, 0.15) is 11.7 Å². The molecule has 4 aliphatic rings. The van der Waals surface area contributed by atoms with Gasteiger partial charge in [-0.2, -0.15) is 0 Å². The summed E-state index contributed by atoms with van der Waals surface area (Å²) in [6.45, 7) is 8.33. The highest BCUT2D eigenvalue weighted by Gasteiger charge is 2.79. The number of aliphatic hydroxyl groups is 2. The van der Waals surface area contributed by atoms with Crippen molar-refractivity contribution in [3.05, 3.63) is 0 Å². The highest BCUT2D eigenvalue weighted by Crippen LogP contribution is 2.68. The Bertz CT molecular complexity index is 409. The molecule has 10 atom stereocenters. The molecule has 4 nitrogen and oxygen atoms in total. The van der Waals surface area contributed by atoms with Crippen molar-refractivity contribution in [1.29, 1.82) is 0 Å². The molecule has 0 amide bonds. The maximum Gasteiger partial charge on any atom is 0.117 e. The third kappa shape index (κ3) is 0.912. The van der Waals surface area contributed by atoms with Gasteiger partial charge in [0.25, 0.3) is 0 Å². The van der Waals surface area contributed by atoms with E-state index in [0.29, 0.717) is 11.8 Å². The summed E-state index contributed by atoms with van der Waals surface area (Å²) >= 11 is 0. The predicted molar refractivity (Wildman–Crippen MR) is 63.9 cm³/mol. The maximum absolute atomic E-state index is 10.5. The molecule has 0 aromatic heterocycles. The average Bonchev–Trinajstić information content (AvgIpc) is 2.91. The minimum Gasteiger partial charge on any atom is -0.387 e. The Labute approximate surface area is 107 Å². The normalized spacial score (nSPS) is 73.0. The summed E-state index contributed by atoms with van der Waals surface area (Å²) in [6.07, 6.45) is -1.03. The van der Waals surface area contributed by atoms with Gasteiger partial charge in [0.05, 0.1) is 24.4 Å². The van der Waals surface area contributed by atoms with E-state index >= 15 is 0 Å². The summed E-state index contributed by atoms with van der Waals surface area (Å²) in [5, 5.41) is 20.8. The molecule has 4 aliphatic heterocycles. The van der Waals surface area contributed by atoms with E-state index in [9.17, 15) is 10.2 Å². The molecule has 0 aromatic rings. The summed E-state index contributed by atoms with van der Waals surface area (Å²) in [5.74, 6) is 1.23. The lowest BCUT2D eigenvalue weighted by Crippen LogP contribution is -2.64. The molecule has 4 fully saturated rings. The first-order valence-electron chi connectivity index (χ1n) is 7.02. The van der Waals surface area contributed by atoms with Gasteiger partial charge in [0, 0.05) is 11.3 Å². The molecule has 4 heteroatoms. The average molecular weight is 254 g/mol. The van der Waals surface area contributed by atoms with Gasteiger partial charge in [0.2, 0.25) is 0 Å². The van der Waals surface area contributed by atoms with E-state index in [2.05, 4.69) is 20.8 Å². The predicted octanol–water partition coefficient (Wildman–Crippen LogP) is 0.555. The van der Waals surface area contributed by atoms with E-state index in [1.807, 2.05) is 0 Å². The molecule has 10 unspecified atom stereocenters. The van der Waals surface area contributed by atoms with Gasteiger partial charge in [-0.3, -0.25) is 0 Å². The zero-order chi connectivity index (χ0) is 13.0. The molecule has 0 saturated carbocycles. The Morgan fingerprint density at radius 3 is 2.33 bits per heavy atom. The van der Waals surface area contributed by atoms with Crippen molar-refractivity contribution in [3.63, 3.8) is 0 Å². The van der Waals surface area contributed by atoms with Gasteiger partial charge in [-0.05, 0) is 18.8 Å². The van der Waals surface area contributed by atoms with Crippen LogP contribution in [0.15, 0.2) is 0 Å². The fourth-order valence-electron chi connectivity index (χ4n) is 5.44. The Balaban J connectivity index is 1.82.